The minimum Gasteiger partial charge on any atom is -0.375 e. The van der Waals surface area contributed by atoms with Gasteiger partial charge in [0.2, 0.25) is 10.0 Å². The van der Waals surface area contributed by atoms with Crippen molar-refractivity contribution in [2.45, 2.75) is 17.9 Å². The first-order valence-corrected chi connectivity index (χ1v) is 8.12. The maximum absolute atomic E-state index is 12.5. The molecule has 0 aliphatic carbocycles. The number of nitrogens with zero attached hydrogens (tertiary/aromatic N) is 2. The summed E-state index contributed by atoms with van der Waals surface area (Å²) in [7, 11) is -3.42. The number of hydrogen-bond donors (Lipinski definition) is 1. The zero-order chi connectivity index (χ0) is 13.5. The first-order valence-electron chi connectivity index (χ1n) is 5.86. The van der Waals surface area contributed by atoms with E-state index in [2.05, 4.69) is 4.98 Å². The van der Waals surface area contributed by atoms with Crippen LogP contribution in [0.4, 0.5) is 5.13 Å². The molecule has 19 heavy (non-hydrogen) atoms. The van der Waals surface area contributed by atoms with Gasteiger partial charge in [-0.25, -0.2) is 13.4 Å². The Hall–Kier alpha value is -1.44. The molecule has 1 aromatic heterocycles. The molecule has 3 rings (SSSR count). The molecule has 0 atom stereocenters. The van der Waals surface area contributed by atoms with E-state index in [1.165, 1.54) is 15.6 Å². The fraction of sp³-hybridized carbons (Fsp3) is 0.250. The Labute approximate surface area is 115 Å². The van der Waals surface area contributed by atoms with Crippen molar-refractivity contribution < 1.29 is 8.42 Å². The van der Waals surface area contributed by atoms with Crippen LogP contribution in [0.15, 0.2) is 35.2 Å². The molecule has 2 aromatic rings. The highest BCUT2D eigenvalue weighted by atomic mass is 32.2. The summed E-state index contributed by atoms with van der Waals surface area (Å²) in [6.45, 7) is 0.814. The topological polar surface area (TPSA) is 76.3 Å². The van der Waals surface area contributed by atoms with E-state index in [-0.39, 0.29) is 0 Å². The van der Waals surface area contributed by atoms with E-state index in [0.717, 1.165) is 10.6 Å². The van der Waals surface area contributed by atoms with Gasteiger partial charge >= 0.3 is 0 Å². The molecular weight excluding hydrogens is 282 g/mol. The van der Waals surface area contributed by atoms with Crippen LogP contribution >= 0.6 is 11.3 Å². The molecule has 2 heterocycles. The number of rotatable bonds is 2. The molecule has 0 spiro atoms. The Morgan fingerprint density at radius 3 is 2.74 bits per heavy atom. The molecule has 1 aliphatic heterocycles. The lowest BCUT2D eigenvalue weighted by atomic mass is 10.2. The van der Waals surface area contributed by atoms with Crippen LogP contribution in [0.1, 0.15) is 10.6 Å². The van der Waals surface area contributed by atoms with Crippen LogP contribution in [0.2, 0.25) is 0 Å². The third-order valence-corrected chi connectivity index (χ3v) is 5.86. The summed E-state index contributed by atoms with van der Waals surface area (Å²) in [4.78, 5) is 5.49. The Balaban J connectivity index is 1.93. The smallest absolute Gasteiger partial charge is 0.243 e. The maximum atomic E-state index is 12.5. The van der Waals surface area contributed by atoms with Gasteiger partial charge in [0, 0.05) is 17.8 Å². The number of nitrogen functional groups attached to an aromatic ring is 1. The Morgan fingerprint density at radius 2 is 2.00 bits per heavy atom. The molecule has 0 bridgehead atoms. The predicted molar refractivity (Wildman–Crippen MR) is 74.3 cm³/mol. The summed E-state index contributed by atoms with van der Waals surface area (Å²) >= 11 is 1.37. The number of aromatic nitrogens is 1. The molecule has 1 aromatic carbocycles. The summed E-state index contributed by atoms with van der Waals surface area (Å²) in [5.41, 5.74) is 6.60. The fourth-order valence-electron chi connectivity index (χ4n) is 2.14. The van der Waals surface area contributed by atoms with Crippen LogP contribution in [-0.4, -0.2) is 24.3 Å². The molecule has 5 nitrogen and oxygen atoms in total. The van der Waals surface area contributed by atoms with Crippen molar-refractivity contribution in [1.82, 2.24) is 9.29 Å². The maximum Gasteiger partial charge on any atom is 0.243 e. The van der Waals surface area contributed by atoms with Crippen molar-refractivity contribution in [3.63, 3.8) is 0 Å². The van der Waals surface area contributed by atoms with E-state index in [9.17, 15) is 8.42 Å². The molecular formula is C12H13N3O2S2. The standard InChI is InChI=1S/C12H13N3O2S2/c13-12-14-10-6-7-15(8-11(10)18-12)19(16,17)9-4-2-1-3-5-9/h1-5H,6-8H2,(H2,13,14). The number of anilines is 1. The molecule has 0 saturated carbocycles. The number of benzene rings is 1. The summed E-state index contributed by atoms with van der Waals surface area (Å²) in [6, 6.07) is 8.49. The number of fused-ring (bicyclic) bond motifs is 1. The quantitative estimate of drug-likeness (QED) is 0.910. The third-order valence-electron chi connectivity index (χ3n) is 3.09. The lowest BCUT2D eigenvalue weighted by molar-refractivity contribution is 0.393. The zero-order valence-electron chi connectivity index (χ0n) is 10.1. The second kappa shape index (κ2) is 4.59. The normalized spacial score (nSPS) is 16.2. The molecule has 0 unspecified atom stereocenters. The van der Waals surface area contributed by atoms with Crippen molar-refractivity contribution in [2.75, 3.05) is 12.3 Å². The minimum absolute atomic E-state index is 0.330. The summed E-state index contributed by atoms with van der Waals surface area (Å²) in [5.74, 6) is 0. The Morgan fingerprint density at radius 1 is 1.26 bits per heavy atom. The molecule has 0 fully saturated rings. The lowest BCUT2D eigenvalue weighted by Crippen LogP contribution is -2.35. The van der Waals surface area contributed by atoms with Gasteiger partial charge in [-0.15, -0.1) is 11.3 Å². The number of hydrogen-bond acceptors (Lipinski definition) is 5. The Kier molecular flexibility index (Phi) is 3.04. The molecule has 1 aliphatic rings. The minimum atomic E-state index is -3.42. The van der Waals surface area contributed by atoms with Crippen molar-refractivity contribution in [3.8, 4) is 0 Å². The molecule has 7 heteroatoms. The van der Waals surface area contributed by atoms with Crippen molar-refractivity contribution in [1.29, 1.82) is 0 Å². The number of thiazole rings is 1. The van der Waals surface area contributed by atoms with Crippen LogP contribution < -0.4 is 5.73 Å². The van der Waals surface area contributed by atoms with Gasteiger partial charge in [-0.2, -0.15) is 4.31 Å². The van der Waals surface area contributed by atoms with E-state index >= 15 is 0 Å². The third kappa shape index (κ3) is 2.24. The first kappa shape index (κ1) is 12.6. The fourth-order valence-corrected chi connectivity index (χ4v) is 4.54. The monoisotopic (exact) mass is 295 g/mol. The second-order valence-electron chi connectivity index (χ2n) is 4.32. The van der Waals surface area contributed by atoms with E-state index in [1.54, 1.807) is 30.3 Å². The summed E-state index contributed by atoms with van der Waals surface area (Å²) in [5, 5.41) is 0.504. The predicted octanol–water partition coefficient (Wildman–Crippen LogP) is 1.47. The average Bonchev–Trinajstić information content (AvgIpc) is 2.78. The van der Waals surface area contributed by atoms with Gasteiger partial charge < -0.3 is 5.73 Å². The molecule has 0 radical (unpaired) electrons. The number of nitrogens with two attached hydrogens (primary N) is 1. The highest BCUT2D eigenvalue weighted by molar-refractivity contribution is 7.89. The van der Waals surface area contributed by atoms with Crippen molar-refractivity contribution in [2.24, 2.45) is 0 Å². The molecule has 100 valence electrons. The van der Waals surface area contributed by atoms with Crippen LogP contribution in [0.25, 0.3) is 0 Å². The highest BCUT2D eigenvalue weighted by Gasteiger charge is 2.29. The summed E-state index contributed by atoms with van der Waals surface area (Å²) < 4.78 is 26.5. The van der Waals surface area contributed by atoms with Gasteiger partial charge in [0.15, 0.2) is 5.13 Å². The lowest BCUT2D eigenvalue weighted by Gasteiger charge is -2.25. The van der Waals surface area contributed by atoms with Gasteiger partial charge in [-0.05, 0) is 12.1 Å². The van der Waals surface area contributed by atoms with Gasteiger partial charge in [0.05, 0.1) is 17.1 Å². The van der Waals surface area contributed by atoms with Gasteiger partial charge in [-0.1, -0.05) is 18.2 Å². The first-order chi connectivity index (χ1) is 9.07. The van der Waals surface area contributed by atoms with Gasteiger partial charge in [0.1, 0.15) is 0 Å². The second-order valence-corrected chi connectivity index (χ2v) is 7.38. The number of sulfonamides is 1. The molecule has 0 saturated heterocycles. The van der Waals surface area contributed by atoms with E-state index in [0.29, 0.717) is 29.5 Å². The van der Waals surface area contributed by atoms with Crippen LogP contribution in [0.3, 0.4) is 0 Å². The van der Waals surface area contributed by atoms with E-state index < -0.39 is 10.0 Å². The Bertz CT molecular complexity index is 695. The van der Waals surface area contributed by atoms with E-state index in [1.807, 2.05) is 0 Å². The van der Waals surface area contributed by atoms with Gasteiger partial charge in [-0.3, -0.25) is 0 Å². The van der Waals surface area contributed by atoms with Crippen molar-refractivity contribution in [3.05, 3.63) is 40.9 Å². The highest BCUT2D eigenvalue weighted by Crippen LogP contribution is 2.29. The molecule has 2 N–H and O–H groups in total. The van der Waals surface area contributed by atoms with Crippen LogP contribution in [0, 0.1) is 0 Å². The van der Waals surface area contributed by atoms with E-state index in [4.69, 9.17) is 5.73 Å². The largest absolute Gasteiger partial charge is 0.375 e. The van der Waals surface area contributed by atoms with Crippen LogP contribution in [-0.2, 0) is 23.0 Å². The molecule has 0 amide bonds. The van der Waals surface area contributed by atoms with Gasteiger partial charge in [0.25, 0.3) is 0 Å². The van der Waals surface area contributed by atoms with Crippen molar-refractivity contribution >= 4 is 26.5 Å². The SMILES string of the molecule is Nc1nc2c(s1)CN(S(=O)(=O)c1ccccc1)CC2. The summed E-state index contributed by atoms with van der Waals surface area (Å²) in [6.07, 6.45) is 0.620. The zero-order valence-corrected chi connectivity index (χ0v) is 11.7. The average molecular weight is 295 g/mol. The van der Waals surface area contributed by atoms with Crippen LogP contribution in [0.5, 0.6) is 0 Å².